The van der Waals surface area contributed by atoms with Crippen molar-refractivity contribution in [2.75, 3.05) is 5.32 Å². The number of aromatic nitrogens is 2. The molecule has 2 unspecified atom stereocenters. The van der Waals surface area contributed by atoms with Crippen LogP contribution in [0.4, 0.5) is 5.82 Å². The quantitative estimate of drug-likeness (QED) is 0.590. The van der Waals surface area contributed by atoms with Crippen molar-refractivity contribution in [3.05, 3.63) is 41.6 Å². The van der Waals surface area contributed by atoms with Crippen LogP contribution in [0.2, 0.25) is 0 Å². The van der Waals surface area contributed by atoms with Crippen molar-refractivity contribution in [1.82, 2.24) is 20.4 Å². The van der Waals surface area contributed by atoms with Crippen molar-refractivity contribution in [3.63, 3.8) is 0 Å². The van der Waals surface area contributed by atoms with Crippen molar-refractivity contribution in [2.45, 2.75) is 82.3 Å². The summed E-state index contributed by atoms with van der Waals surface area (Å²) < 4.78 is 26.2. The van der Waals surface area contributed by atoms with Gasteiger partial charge in [0.05, 0.1) is 22.3 Å². The summed E-state index contributed by atoms with van der Waals surface area (Å²) in [7, 11) is -3.36. The Kier molecular flexibility index (Phi) is 6.99. The number of amides is 2. The molecule has 2 amide bonds. The van der Waals surface area contributed by atoms with Gasteiger partial charge in [0.1, 0.15) is 5.82 Å². The summed E-state index contributed by atoms with van der Waals surface area (Å²) in [5.74, 6) is 0.106. The second kappa shape index (κ2) is 9.26. The molecular formula is C23H33N5O4S. The molecule has 2 atom stereocenters. The Hall–Kier alpha value is -2.72. The Morgan fingerprint density at radius 1 is 1.24 bits per heavy atom. The molecule has 3 N–H and O–H groups in total. The molecule has 10 heteroatoms. The first kappa shape index (κ1) is 24.9. The summed E-state index contributed by atoms with van der Waals surface area (Å²) in [6.45, 7) is 11.3. The van der Waals surface area contributed by atoms with E-state index in [9.17, 15) is 18.0 Å². The highest BCUT2D eigenvalue weighted by Crippen LogP contribution is 2.26. The van der Waals surface area contributed by atoms with E-state index in [0.29, 0.717) is 17.8 Å². The lowest BCUT2D eigenvalue weighted by molar-refractivity contribution is -0.125. The van der Waals surface area contributed by atoms with Gasteiger partial charge in [0.25, 0.3) is 0 Å². The van der Waals surface area contributed by atoms with Crippen LogP contribution in [-0.2, 0) is 31.3 Å². The van der Waals surface area contributed by atoms with E-state index in [0.717, 1.165) is 5.69 Å². The van der Waals surface area contributed by atoms with Crippen LogP contribution in [0, 0.1) is 0 Å². The lowest BCUT2D eigenvalue weighted by Crippen LogP contribution is -2.52. The highest BCUT2D eigenvalue weighted by atomic mass is 32.2. The van der Waals surface area contributed by atoms with Crippen molar-refractivity contribution >= 4 is 27.5 Å². The van der Waals surface area contributed by atoms with Crippen LogP contribution >= 0.6 is 0 Å². The molecule has 2 aromatic rings. The zero-order valence-electron chi connectivity index (χ0n) is 20.0. The Bertz CT molecular complexity index is 1130. The van der Waals surface area contributed by atoms with Crippen molar-refractivity contribution < 1.29 is 18.0 Å². The van der Waals surface area contributed by atoms with Gasteiger partial charge < -0.3 is 10.6 Å². The molecule has 33 heavy (non-hydrogen) atoms. The summed E-state index contributed by atoms with van der Waals surface area (Å²) in [6, 6.07) is 8.14. The number of carbonyl (C=O) groups excluding carboxylic acids is 2. The number of hydrogen-bond acceptors (Lipinski definition) is 6. The monoisotopic (exact) mass is 475 g/mol. The number of benzene rings is 1. The molecule has 1 saturated heterocycles. The van der Waals surface area contributed by atoms with Gasteiger partial charge in [-0.25, -0.2) is 13.1 Å². The van der Waals surface area contributed by atoms with Gasteiger partial charge in [-0.3, -0.25) is 14.9 Å². The number of rotatable bonds is 6. The first-order chi connectivity index (χ1) is 15.3. The molecule has 1 aliphatic heterocycles. The summed E-state index contributed by atoms with van der Waals surface area (Å²) in [4.78, 5) is 25.1. The van der Waals surface area contributed by atoms with Gasteiger partial charge in [-0.1, -0.05) is 32.9 Å². The Morgan fingerprint density at radius 3 is 2.42 bits per heavy atom. The van der Waals surface area contributed by atoms with Crippen LogP contribution in [0.15, 0.2) is 35.2 Å². The van der Waals surface area contributed by atoms with Crippen molar-refractivity contribution in [2.24, 2.45) is 0 Å². The van der Waals surface area contributed by atoms with Crippen LogP contribution in [-0.4, -0.2) is 41.3 Å². The smallest absolute Gasteiger partial charge is 0.229 e. The summed E-state index contributed by atoms with van der Waals surface area (Å²) >= 11 is 0. The lowest BCUT2D eigenvalue weighted by Gasteiger charge is -2.30. The molecule has 3 rings (SSSR count). The molecule has 1 aromatic heterocycles. The van der Waals surface area contributed by atoms with Crippen LogP contribution in [0.5, 0.6) is 0 Å². The highest BCUT2D eigenvalue weighted by Gasteiger charge is 2.29. The number of sulfone groups is 1. The maximum Gasteiger partial charge on any atom is 0.229 e. The lowest BCUT2D eigenvalue weighted by atomic mass is 9.92. The molecule has 180 valence electrons. The zero-order valence-corrected chi connectivity index (χ0v) is 20.8. The SMILES string of the molecule is CC1CC(=O)NC(n2nc(C(C)(C)C)cc2NC(=O)Cc2ccc(S(=O)(=O)C(C)C)cc2)N1. The number of nitrogens with zero attached hydrogens (tertiary/aromatic N) is 2. The predicted octanol–water partition coefficient (Wildman–Crippen LogP) is 2.50. The van der Waals surface area contributed by atoms with Crippen LogP contribution in [0.1, 0.15) is 65.5 Å². The molecule has 1 aromatic carbocycles. The molecule has 0 bridgehead atoms. The number of anilines is 1. The Morgan fingerprint density at radius 2 is 1.88 bits per heavy atom. The number of hydrogen-bond donors (Lipinski definition) is 3. The van der Waals surface area contributed by atoms with E-state index < -0.39 is 21.4 Å². The molecule has 1 fully saturated rings. The molecule has 2 heterocycles. The predicted molar refractivity (Wildman–Crippen MR) is 126 cm³/mol. The van der Waals surface area contributed by atoms with Crippen LogP contribution < -0.4 is 16.0 Å². The fraction of sp³-hybridized carbons (Fsp3) is 0.522. The number of carbonyl (C=O) groups is 2. The van der Waals surface area contributed by atoms with Crippen molar-refractivity contribution in [3.8, 4) is 0 Å². The molecule has 0 radical (unpaired) electrons. The van der Waals surface area contributed by atoms with Gasteiger partial charge in [-0.2, -0.15) is 5.10 Å². The number of nitrogens with one attached hydrogen (secondary N) is 3. The van der Waals surface area contributed by atoms with Gasteiger partial charge in [-0.05, 0) is 38.5 Å². The molecule has 0 saturated carbocycles. The fourth-order valence-corrected chi connectivity index (χ4v) is 4.54. The first-order valence-electron chi connectivity index (χ1n) is 11.1. The summed E-state index contributed by atoms with van der Waals surface area (Å²) in [5, 5.41) is 13.2. The van der Waals surface area contributed by atoms with Gasteiger partial charge in [0, 0.05) is 23.9 Å². The molecule has 1 aliphatic rings. The van der Waals surface area contributed by atoms with Crippen LogP contribution in [0.3, 0.4) is 0 Å². The standard InChI is InChI=1S/C23H33N5O4S/c1-14(2)33(31,32)17-9-7-16(8-10-17)12-21(30)25-19-13-18(23(4,5)6)27-28(19)22-24-15(3)11-20(29)26-22/h7-10,13-15,22,24H,11-12H2,1-6H3,(H,25,30)(H,26,29). The van der Waals surface area contributed by atoms with E-state index in [1.54, 1.807) is 30.7 Å². The largest absolute Gasteiger partial charge is 0.322 e. The fourth-order valence-electron chi connectivity index (χ4n) is 3.48. The maximum absolute atomic E-state index is 12.8. The highest BCUT2D eigenvalue weighted by molar-refractivity contribution is 7.92. The molecule has 0 aliphatic carbocycles. The summed E-state index contributed by atoms with van der Waals surface area (Å²) in [5.41, 5.74) is 1.21. The van der Waals surface area contributed by atoms with Gasteiger partial charge in [0.15, 0.2) is 16.1 Å². The van der Waals surface area contributed by atoms with E-state index >= 15 is 0 Å². The normalized spacial score (nSPS) is 19.4. The minimum Gasteiger partial charge on any atom is -0.322 e. The maximum atomic E-state index is 12.8. The Balaban J connectivity index is 1.80. The van der Waals surface area contributed by atoms with Crippen LogP contribution in [0.25, 0.3) is 0 Å². The average Bonchev–Trinajstić information content (AvgIpc) is 3.11. The van der Waals surface area contributed by atoms with E-state index in [2.05, 4.69) is 21.0 Å². The minimum absolute atomic E-state index is 0.0322. The van der Waals surface area contributed by atoms with Gasteiger partial charge in [-0.15, -0.1) is 0 Å². The molecule has 0 spiro atoms. The molecular weight excluding hydrogens is 442 g/mol. The first-order valence-corrected chi connectivity index (χ1v) is 12.6. The third kappa shape index (κ3) is 5.80. The van der Waals surface area contributed by atoms with E-state index in [-0.39, 0.29) is 34.6 Å². The average molecular weight is 476 g/mol. The van der Waals surface area contributed by atoms with Gasteiger partial charge >= 0.3 is 0 Å². The second-order valence-electron chi connectivity index (χ2n) is 9.81. The minimum atomic E-state index is -3.36. The van der Waals surface area contributed by atoms with E-state index in [4.69, 9.17) is 0 Å². The topological polar surface area (TPSA) is 122 Å². The van der Waals surface area contributed by atoms with E-state index in [1.165, 1.54) is 12.1 Å². The zero-order chi connectivity index (χ0) is 24.6. The Labute approximate surface area is 195 Å². The third-order valence-corrected chi connectivity index (χ3v) is 7.66. The van der Waals surface area contributed by atoms with Crippen molar-refractivity contribution in [1.29, 1.82) is 0 Å². The third-order valence-electron chi connectivity index (χ3n) is 5.49. The van der Waals surface area contributed by atoms with Gasteiger partial charge in [0.2, 0.25) is 11.8 Å². The second-order valence-corrected chi connectivity index (χ2v) is 12.3. The van der Waals surface area contributed by atoms with E-state index in [1.807, 2.05) is 33.8 Å². The summed E-state index contributed by atoms with van der Waals surface area (Å²) in [6.07, 6.45) is -0.138. The molecule has 9 nitrogen and oxygen atoms in total.